The van der Waals surface area contributed by atoms with Crippen LogP contribution in [0.25, 0.3) is 11.1 Å². The maximum atomic E-state index is 9.76. The van der Waals surface area contributed by atoms with E-state index in [1.165, 1.54) is 0 Å². The van der Waals surface area contributed by atoms with E-state index in [2.05, 4.69) is 0 Å². The van der Waals surface area contributed by atoms with Crippen molar-refractivity contribution in [2.75, 3.05) is 0 Å². The number of hydrogen-bond acceptors (Lipinski definition) is 2. The van der Waals surface area contributed by atoms with Gasteiger partial charge in [-0.1, -0.05) is 55.5 Å². The molecule has 2 nitrogen and oxygen atoms in total. The van der Waals surface area contributed by atoms with E-state index in [-0.39, 0.29) is 0 Å². The standard InChI is InChI=1S/C14H13BO2/c1-14(15(16)17)12-8-4-2-6-10(12)11-7-3-5-9-13(11)14/h2-9,16-17H,1H3. The van der Waals surface area contributed by atoms with Gasteiger partial charge in [-0.25, -0.2) is 0 Å². The molecule has 1 aliphatic rings. The van der Waals surface area contributed by atoms with Gasteiger partial charge in [0.25, 0.3) is 0 Å². The molecule has 2 N–H and O–H groups in total. The lowest BCUT2D eigenvalue weighted by Crippen LogP contribution is -2.40. The van der Waals surface area contributed by atoms with Gasteiger partial charge in [0.05, 0.1) is 5.31 Å². The molecule has 0 aliphatic heterocycles. The fourth-order valence-corrected chi connectivity index (χ4v) is 2.76. The quantitative estimate of drug-likeness (QED) is 0.727. The van der Waals surface area contributed by atoms with Crippen LogP contribution in [0.3, 0.4) is 0 Å². The molecule has 0 heterocycles. The fraction of sp³-hybridized carbons (Fsp3) is 0.143. The Balaban J connectivity index is 2.39. The minimum absolute atomic E-state index is 0.729. The lowest BCUT2D eigenvalue weighted by Gasteiger charge is -2.25. The SMILES string of the molecule is CC1(B(O)O)c2ccccc2-c2ccccc21. The maximum absolute atomic E-state index is 9.76. The molecule has 0 spiro atoms. The van der Waals surface area contributed by atoms with E-state index in [9.17, 15) is 10.0 Å². The number of hydrogen-bond donors (Lipinski definition) is 2. The van der Waals surface area contributed by atoms with Gasteiger partial charge in [0.15, 0.2) is 0 Å². The summed E-state index contributed by atoms with van der Waals surface area (Å²) >= 11 is 0. The predicted molar refractivity (Wildman–Crippen MR) is 68.5 cm³/mol. The summed E-state index contributed by atoms with van der Waals surface area (Å²) in [5, 5.41) is 18.8. The summed E-state index contributed by atoms with van der Waals surface area (Å²) in [5.41, 5.74) is 4.16. The van der Waals surface area contributed by atoms with Gasteiger partial charge in [-0.05, 0) is 22.3 Å². The van der Waals surface area contributed by atoms with Crippen molar-refractivity contribution in [3.05, 3.63) is 59.7 Å². The molecule has 0 saturated carbocycles. The van der Waals surface area contributed by atoms with Crippen molar-refractivity contribution in [3.63, 3.8) is 0 Å². The third kappa shape index (κ3) is 1.24. The Morgan fingerprint density at radius 2 is 1.24 bits per heavy atom. The monoisotopic (exact) mass is 224 g/mol. The first-order valence-corrected chi connectivity index (χ1v) is 5.71. The normalized spacial score (nSPS) is 15.2. The summed E-state index contributed by atoms with van der Waals surface area (Å²) in [7, 11) is -1.40. The zero-order valence-corrected chi connectivity index (χ0v) is 9.59. The lowest BCUT2D eigenvalue weighted by atomic mass is 9.54. The molecule has 3 heteroatoms. The third-order valence-electron chi connectivity index (χ3n) is 3.78. The van der Waals surface area contributed by atoms with Crippen LogP contribution in [0.2, 0.25) is 0 Å². The second kappa shape index (κ2) is 3.46. The van der Waals surface area contributed by atoms with E-state index in [0.717, 1.165) is 22.3 Å². The molecule has 0 atom stereocenters. The summed E-state index contributed by atoms with van der Waals surface area (Å²) < 4.78 is 0. The first kappa shape index (κ1) is 10.6. The van der Waals surface area contributed by atoms with Gasteiger partial charge >= 0.3 is 7.12 Å². The highest BCUT2D eigenvalue weighted by Gasteiger charge is 2.47. The molecule has 0 fully saturated rings. The molecule has 0 saturated heterocycles. The summed E-state index contributed by atoms with van der Waals surface area (Å²) in [6.07, 6.45) is 0. The first-order chi connectivity index (χ1) is 8.15. The Morgan fingerprint density at radius 1 is 0.824 bits per heavy atom. The molecule has 3 rings (SSSR count). The average Bonchev–Trinajstić information content (AvgIpc) is 2.63. The molecule has 2 aromatic rings. The second-order valence-corrected chi connectivity index (χ2v) is 4.67. The maximum Gasteiger partial charge on any atom is 0.467 e. The summed E-state index contributed by atoms with van der Waals surface area (Å²) in [4.78, 5) is 0. The number of rotatable bonds is 1. The zero-order valence-electron chi connectivity index (χ0n) is 9.59. The minimum atomic E-state index is -1.40. The molecular weight excluding hydrogens is 211 g/mol. The molecule has 0 radical (unpaired) electrons. The Morgan fingerprint density at radius 3 is 1.65 bits per heavy atom. The Bertz CT molecular complexity index is 532. The molecule has 17 heavy (non-hydrogen) atoms. The van der Waals surface area contributed by atoms with E-state index in [1.54, 1.807) is 0 Å². The largest absolute Gasteiger partial charge is 0.467 e. The van der Waals surface area contributed by atoms with Crippen molar-refractivity contribution in [2.45, 2.75) is 12.2 Å². The van der Waals surface area contributed by atoms with Gasteiger partial charge in [0.2, 0.25) is 0 Å². The van der Waals surface area contributed by atoms with Crippen LogP contribution in [-0.4, -0.2) is 17.2 Å². The van der Waals surface area contributed by atoms with Crippen LogP contribution >= 0.6 is 0 Å². The molecule has 0 unspecified atom stereocenters. The van der Waals surface area contributed by atoms with Crippen LogP contribution in [0.4, 0.5) is 0 Å². The zero-order chi connectivity index (χ0) is 12.0. The van der Waals surface area contributed by atoms with Crippen LogP contribution in [0.15, 0.2) is 48.5 Å². The van der Waals surface area contributed by atoms with Crippen molar-refractivity contribution in [1.29, 1.82) is 0 Å². The smallest absolute Gasteiger partial charge is 0.426 e. The molecular formula is C14H13BO2. The molecule has 1 aliphatic carbocycles. The van der Waals surface area contributed by atoms with Gasteiger partial charge in [-0.3, -0.25) is 0 Å². The van der Waals surface area contributed by atoms with Crippen LogP contribution in [-0.2, 0) is 5.31 Å². The highest BCUT2D eigenvalue weighted by atomic mass is 16.4. The molecule has 0 aromatic heterocycles. The van der Waals surface area contributed by atoms with Crippen LogP contribution in [0, 0.1) is 0 Å². The predicted octanol–water partition coefficient (Wildman–Crippen LogP) is 1.99. The summed E-state index contributed by atoms with van der Waals surface area (Å²) in [6, 6.07) is 15.8. The Labute approximate surface area is 101 Å². The lowest BCUT2D eigenvalue weighted by molar-refractivity contribution is 0.370. The van der Waals surface area contributed by atoms with Gasteiger partial charge in [-0.15, -0.1) is 0 Å². The Kier molecular flexibility index (Phi) is 2.15. The first-order valence-electron chi connectivity index (χ1n) is 5.71. The topological polar surface area (TPSA) is 40.5 Å². The van der Waals surface area contributed by atoms with Crippen LogP contribution in [0.1, 0.15) is 18.1 Å². The summed E-state index contributed by atoms with van der Waals surface area (Å²) in [5.74, 6) is 0. The molecule has 0 bridgehead atoms. The van der Waals surface area contributed by atoms with E-state index >= 15 is 0 Å². The minimum Gasteiger partial charge on any atom is -0.426 e. The van der Waals surface area contributed by atoms with Gasteiger partial charge in [-0.2, -0.15) is 0 Å². The number of fused-ring (bicyclic) bond motifs is 3. The molecule has 0 amide bonds. The highest BCUT2D eigenvalue weighted by Crippen LogP contribution is 2.48. The summed E-state index contributed by atoms with van der Waals surface area (Å²) in [6.45, 7) is 1.88. The highest BCUT2D eigenvalue weighted by molar-refractivity contribution is 6.47. The van der Waals surface area contributed by atoms with Crippen molar-refractivity contribution in [1.82, 2.24) is 0 Å². The van der Waals surface area contributed by atoms with E-state index in [0.29, 0.717) is 0 Å². The van der Waals surface area contributed by atoms with Crippen LogP contribution in [0.5, 0.6) is 0 Å². The van der Waals surface area contributed by atoms with Gasteiger partial charge in [0.1, 0.15) is 0 Å². The van der Waals surface area contributed by atoms with Gasteiger partial charge in [0, 0.05) is 0 Å². The van der Waals surface area contributed by atoms with Crippen molar-refractivity contribution in [2.24, 2.45) is 0 Å². The van der Waals surface area contributed by atoms with Crippen molar-refractivity contribution < 1.29 is 10.0 Å². The van der Waals surface area contributed by atoms with E-state index in [1.807, 2.05) is 55.5 Å². The molecule has 2 aromatic carbocycles. The van der Waals surface area contributed by atoms with Gasteiger partial charge < -0.3 is 10.0 Å². The Hall–Kier alpha value is -1.58. The number of benzene rings is 2. The average molecular weight is 224 g/mol. The fourth-order valence-electron chi connectivity index (χ4n) is 2.76. The third-order valence-corrected chi connectivity index (χ3v) is 3.78. The van der Waals surface area contributed by atoms with Crippen LogP contribution < -0.4 is 0 Å². The van der Waals surface area contributed by atoms with E-state index < -0.39 is 12.4 Å². The van der Waals surface area contributed by atoms with Crippen molar-refractivity contribution >= 4 is 7.12 Å². The molecule has 84 valence electrons. The van der Waals surface area contributed by atoms with Crippen molar-refractivity contribution in [3.8, 4) is 11.1 Å². The second-order valence-electron chi connectivity index (χ2n) is 4.67. The van der Waals surface area contributed by atoms with E-state index in [4.69, 9.17) is 0 Å².